The standard InChI is InChI=1S/C21H20ClN5O2/c1-29-11-10-24-21(28)17-18-20(26-16-5-3-2-4-15(16)25-18)27(19(17)23)12-13-6-8-14(22)9-7-13/h2-9H,10-12,23H2,1H3,(H,24,28). The summed E-state index contributed by atoms with van der Waals surface area (Å²) < 4.78 is 6.82. The Balaban J connectivity index is 1.86. The number of nitrogen functional groups attached to an aromatic ring is 1. The summed E-state index contributed by atoms with van der Waals surface area (Å²) in [5.74, 6) is 0.0177. The van der Waals surface area contributed by atoms with Gasteiger partial charge in [0, 0.05) is 18.7 Å². The number of aromatic nitrogens is 3. The van der Waals surface area contributed by atoms with E-state index in [0.717, 1.165) is 11.1 Å². The van der Waals surface area contributed by atoms with Crippen molar-refractivity contribution in [3.63, 3.8) is 0 Å². The normalized spacial score (nSPS) is 11.2. The number of benzene rings is 2. The maximum Gasteiger partial charge on any atom is 0.257 e. The van der Waals surface area contributed by atoms with Crippen molar-refractivity contribution in [3.8, 4) is 0 Å². The number of hydrogen-bond acceptors (Lipinski definition) is 5. The van der Waals surface area contributed by atoms with Gasteiger partial charge in [-0.05, 0) is 29.8 Å². The lowest BCUT2D eigenvalue weighted by molar-refractivity contribution is 0.0939. The van der Waals surface area contributed by atoms with Gasteiger partial charge in [-0.1, -0.05) is 35.9 Å². The molecule has 0 saturated heterocycles. The van der Waals surface area contributed by atoms with E-state index in [-0.39, 0.29) is 5.91 Å². The van der Waals surface area contributed by atoms with E-state index in [1.807, 2.05) is 53.1 Å². The first-order valence-electron chi connectivity index (χ1n) is 9.14. The zero-order chi connectivity index (χ0) is 20.4. The van der Waals surface area contributed by atoms with E-state index in [1.54, 1.807) is 7.11 Å². The Morgan fingerprint density at radius 1 is 1.14 bits per heavy atom. The number of methoxy groups -OCH3 is 1. The van der Waals surface area contributed by atoms with Crippen LogP contribution in [0.2, 0.25) is 5.02 Å². The van der Waals surface area contributed by atoms with Crippen molar-refractivity contribution in [1.29, 1.82) is 0 Å². The van der Waals surface area contributed by atoms with E-state index in [9.17, 15) is 4.79 Å². The summed E-state index contributed by atoms with van der Waals surface area (Å²) in [5.41, 5.74) is 10.2. The molecule has 7 nitrogen and oxygen atoms in total. The molecular weight excluding hydrogens is 390 g/mol. The first kappa shape index (κ1) is 19.2. The molecule has 0 atom stereocenters. The van der Waals surface area contributed by atoms with Gasteiger partial charge in [0.05, 0.1) is 24.2 Å². The van der Waals surface area contributed by atoms with Crippen LogP contribution in [0.5, 0.6) is 0 Å². The van der Waals surface area contributed by atoms with Crippen LogP contribution >= 0.6 is 11.6 Å². The van der Waals surface area contributed by atoms with E-state index in [0.29, 0.717) is 52.8 Å². The number of carbonyl (C=O) groups is 1. The Hall–Kier alpha value is -3.16. The van der Waals surface area contributed by atoms with Crippen molar-refractivity contribution < 1.29 is 9.53 Å². The van der Waals surface area contributed by atoms with Gasteiger partial charge in [-0.25, -0.2) is 9.97 Å². The SMILES string of the molecule is COCCNC(=O)c1c(N)n(Cc2ccc(Cl)cc2)c2nc3ccccc3nc12. The molecule has 29 heavy (non-hydrogen) atoms. The fraction of sp³-hybridized carbons (Fsp3) is 0.190. The van der Waals surface area contributed by atoms with Gasteiger partial charge in [-0.15, -0.1) is 0 Å². The number of nitrogens with two attached hydrogens (primary N) is 1. The minimum Gasteiger partial charge on any atom is -0.384 e. The molecule has 0 aliphatic rings. The molecule has 8 heteroatoms. The van der Waals surface area contributed by atoms with Gasteiger partial charge in [0.2, 0.25) is 0 Å². The van der Waals surface area contributed by atoms with Gasteiger partial charge in [0.1, 0.15) is 16.9 Å². The number of rotatable bonds is 6. The fourth-order valence-corrected chi connectivity index (χ4v) is 3.35. The molecule has 0 saturated carbocycles. The van der Waals surface area contributed by atoms with Crippen LogP contribution in [0.4, 0.5) is 5.82 Å². The average molecular weight is 410 g/mol. The summed E-state index contributed by atoms with van der Waals surface area (Å²) in [6.45, 7) is 1.22. The molecule has 1 amide bonds. The predicted molar refractivity (Wildman–Crippen MR) is 114 cm³/mol. The van der Waals surface area contributed by atoms with Crippen molar-refractivity contribution in [3.05, 3.63) is 64.7 Å². The van der Waals surface area contributed by atoms with Gasteiger partial charge in [0.15, 0.2) is 5.65 Å². The summed E-state index contributed by atoms with van der Waals surface area (Å²) in [6, 6.07) is 15.0. The van der Waals surface area contributed by atoms with Crippen molar-refractivity contribution in [2.75, 3.05) is 26.0 Å². The number of hydrogen-bond donors (Lipinski definition) is 2. The maximum absolute atomic E-state index is 12.9. The average Bonchev–Trinajstić information content (AvgIpc) is 2.99. The summed E-state index contributed by atoms with van der Waals surface area (Å²) in [6.07, 6.45) is 0. The highest BCUT2D eigenvalue weighted by molar-refractivity contribution is 6.30. The molecule has 4 rings (SSSR count). The first-order chi connectivity index (χ1) is 14.1. The predicted octanol–water partition coefficient (Wildman–Crippen LogP) is 3.24. The molecule has 0 radical (unpaired) electrons. The molecule has 2 heterocycles. The lowest BCUT2D eigenvalue weighted by Gasteiger charge is -2.08. The van der Waals surface area contributed by atoms with Gasteiger partial charge in [0.25, 0.3) is 5.91 Å². The quantitative estimate of drug-likeness (QED) is 0.477. The molecule has 0 unspecified atom stereocenters. The lowest BCUT2D eigenvalue weighted by Crippen LogP contribution is -2.27. The minimum atomic E-state index is -0.302. The van der Waals surface area contributed by atoms with Gasteiger partial charge in [-0.2, -0.15) is 0 Å². The largest absolute Gasteiger partial charge is 0.384 e. The van der Waals surface area contributed by atoms with E-state index >= 15 is 0 Å². The van der Waals surface area contributed by atoms with Crippen LogP contribution in [-0.4, -0.2) is 40.7 Å². The van der Waals surface area contributed by atoms with E-state index in [2.05, 4.69) is 10.3 Å². The molecule has 0 aliphatic heterocycles. The highest BCUT2D eigenvalue weighted by atomic mass is 35.5. The number of carbonyl (C=O) groups excluding carboxylic acids is 1. The van der Waals surface area contributed by atoms with E-state index in [1.165, 1.54) is 0 Å². The van der Waals surface area contributed by atoms with E-state index in [4.69, 9.17) is 27.1 Å². The highest BCUT2D eigenvalue weighted by Gasteiger charge is 2.23. The summed E-state index contributed by atoms with van der Waals surface area (Å²) in [7, 11) is 1.58. The van der Waals surface area contributed by atoms with Crippen LogP contribution in [0.25, 0.3) is 22.2 Å². The summed E-state index contributed by atoms with van der Waals surface area (Å²) in [5, 5.41) is 3.48. The van der Waals surface area contributed by atoms with Gasteiger partial charge < -0.3 is 20.4 Å². The third-order valence-corrected chi connectivity index (χ3v) is 4.92. The minimum absolute atomic E-state index is 0.302. The molecule has 0 bridgehead atoms. The molecule has 0 fully saturated rings. The molecule has 2 aromatic carbocycles. The monoisotopic (exact) mass is 409 g/mol. The summed E-state index contributed by atoms with van der Waals surface area (Å²) >= 11 is 6.00. The Kier molecular flexibility index (Phi) is 5.33. The maximum atomic E-state index is 12.9. The zero-order valence-corrected chi connectivity index (χ0v) is 16.6. The number of nitrogens with one attached hydrogen (secondary N) is 1. The number of halogens is 1. The topological polar surface area (TPSA) is 95.1 Å². The van der Waals surface area contributed by atoms with Crippen LogP contribution in [0, 0.1) is 0 Å². The van der Waals surface area contributed by atoms with Crippen LogP contribution in [-0.2, 0) is 11.3 Å². The number of amides is 1. The number of para-hydroxylation sites is 2. The second-order valence-corrected chi connectivity index (χ2v) is 7.04. The highest BCUT2D eigenvalue weighted by Crippen LogP contribution is 2.28. The van der Waals surface area contributed by atoms with Crippen LogP contribution in [0.3, 0.4) is 0 Å². The molecule has 148 valence electrons. The lowest BCUT2D eigenvalue weighted by atomic mass is 10.2. The molecular formula is C21H20ClN5O2. The van der Waals surface area contributed by atoms with Crippen LogP contribution < -0.4 is 11.1 Å². The smallest absolute Gasteiger partial charge is 0.257 e. The number of nitrogens with zero attached hydrogens (tertiary/aromatic N) is 3. The van der Waals surface area contributed by atoms with Gasteiger partial charge in [-0.3, -0.25) is 4.79 Å². The first-order valence-corrected chi connectivity index (χ1v) is 9.52. The zero-order valence-electron chi connectivity index (χ0n) is 15.9. The van der Waals surface area contributed by atoms with Crippen molar-refractivity contribution in [2.45, 2.75) is 6.54 Å². The Morgan fingerprint density at radius 3 is 2.52 bits per heavy atom. The van der Waals surface area contributed by atoms with Crippen LogP contribution in [0.1, 0.15) is 15.9 Å². The Bertz CT molecular complexity index is 1190. The Morgan fingerprint density at radius 2 is 1.83 bits per heavy atom. The second kappa shape index (κ2) is 8.06. The number of anilines is 1. The molecule has 3 N–H and O–H groups in total. The number of ether oxygens (including phenoxy) is 1. The van der Waals surface area contributed by atoms with E-state index < -0.39 is 0 Å². The second-order valence-electron chi connectivity index (χ2n) is 6.61. The third-order valence-electron chi connectivity index (χ3n) is 4.66. The number of fused-ring (bicyclic) bond motifs is 2. The molecule has 0 spiro atoms. The molecule has 4 aromatic rings. The third kappa shape index (κ3) is 3.74. The summed E-state index contributed by atoms with van der Waals surface area (Å²) in [4.78, 5) is 22.3. The van der Waals surface area contributed by atoms with Crippen molar-refractivity contribution in [1.82, 2.24) is 19.9 Å². The fourth-order valence-electron chi connectivity index (χ4n) is 3.23. The molecule has 0 aliphatic carbocycles. The van der Waals surface area contributed by atoms with Crippen LogP contribution in [0.15, 0.2) is 48.5 Å². The Labute approximate surface area is 172 Å². The van der Waals surface area contributed by atoms with Crippen molar-refractivity contribution in [2.24, 2.45) is 0 Å². The molecule has 2 aromatic heterocycles. The van der Waals surface area contributed by atoms with Gasteiger partial charge >= 0.3 is 0 Å². The van der Waals surface area contributed by atoms with Crippen molar-refractivity contribution >= 4 is 45.5 Å².